The van der Waals surface area contributed by atoms with Gasteiger partial charge in [0.2, 0.25) is 5.91 Å². The van der Waals surface area contributed by atoms with Crippen molar-refractivity contribution in [2.75, 3.05) is 26.2 Å². The van der Waals surface area contributed by atoms with Gasteiger partial charge in [-0.15, -0.1) is 0 Å². The second kappa shape index (κ2) is 6.34. The predicted molar refractivity (Wildman–Crippen MR) is 68.5 cm³/mol. The minimum Gasteiger partial charge on any atom is -0.481 e. The molecule has 1 amide bonds. The molecule has 0 aromatic heterocycles. The lowest BCUT2D eigenvalue weighted by Gasteiger charge is -2.35. The van der Waals surface area contributed by atoms with Crippen molar-refractivity contribution in [2.24, 2.45) is 17.6 Å². The third kappa shape index (κ3) is 3.45. The fraction of sp³-hybridized carbons (Fsp3) is 0.846. The van der Waals surface area contributed by atoms with E-state index in [1.54, 1.807) is 4.90 Å². The zero-order valence-corrected chi connectivity index (χ0v) is 11.1. The summed E-state index contributed by atoms with van der Waals surface area (Å²) >= 11 is 0. The van der Waals surface area contributed by atoms with Crippen molar-refractivity contribution in [2.45, 2.75) is 31.8 Å². The van der Waals surface area contributed by atoms with Crippen LogP contribution in [0.3, 0.4) is 0 Å². The minimum absolute atomic E-state index is 0.0218. The van der Waals surface area contributed by atoms with Gasteiger partial charge in [-0.3, -0.25) is 9.59 Å². The molecule has 1 saturated carbocycles. The second-order valence-corrected chi connectivity index (χ2v) is 5.41. The number of aliphatic carboxylic acids is 1. The fourth-order valence-electron chi connectivity index (χ4n) is 3.12. The molecule has 19 heavy (non-hydrogen) atoms. The van der Waals surface area contributed by atoms with Crippen molar-refractivity contribution in [3.8, 4) is 0 Å². The van der Waals surface area contributed by atoms with E-state index in [2.05, 4.69) is 0 Å². The lowest BCUT2D eigenvalue weighted by atomic mass is 9.94. The van der Waals surface area contributed by atoms with Gasteiger partial charge in [0.25, 0.3) is 0 Å². The Morgan fingerprint density at radius 3 is 2.84 bits per heavy atom. The average Bonchev–Trinajstić information content (AvgIpc) is 2.85. The minimum atomic E-state index is -0.889. The summed E-state index contributed by atoms with van der Waals surface area (Å²) in [7, 11) is 0. The first-order valence-electron chi connectivity index (χ1n) is 6.94. The SMILES string of the molecule is NCC1CCCC1C(=O)N1CCOC(CC(=O)O)C1. The Kier molecular flexibility index (Phi) is 4.76. The predicted octanol–water partition coefficient (Wildman–Crippen LogP) is 0.0635. The number of carboxylic acid groups (broad SMARTS) is 1. The van der Waals surface area contributed by atoms with Crippen molar-refractivity contribution >= 4 is 11.9 Å². The lowest BCUT2D eigenvalue weighted by Crippen LogP contribution is -2.49. The largest absolute Gasteiger partial charge is 0.481 e. The molecule has 2 rings (SSSR count). The van der Waals surface area contributed by atoms with E-state index in [9.17, 15) is 9.59 Å². The van der Waals surface area contributed by atoms with Gasteiger partial charge >= 0.3 is 5.97 Å². The normalized spacial score (nSPS) is 31.4. The molecule has 1 aliphatic carbocycles. The first kappa shape index (κ1) is 14.3. The van der Waals surface area contributed by atoms with E-state index < -0.39 is 5.97 Å². The number of carbonyl (C=O) groups is 2. The Morgan fingerprint density at radius 1 is 1.37 bits per heavy atom. The molecule has 0 aromatic carbocycles. The summed E-state index contributed by atoms with van der Waals surface area (Å²) in [4.78, 5) is 24.9. The highest BCUT2D eigenvalue weighted by molar-refractivity contribution is 5.79. The second-order valence-electron chi connectivity index (χ2n) is 5.41. The van der Waals surface area contributed by atoms with Crippen LogP contribution in [0.4, 0.5) is 0 Å². The van der Waals surface area contributed by atoms with Crippen LogP contribution in [0.15, 0.2) is 0 Å². The number of nitrogens with two attached hydrogens (primary N) is 1. The van der Waals surface area contributed by atoms with Crippen LogP contribution in [-0.4, -0.2) is 54.2 Å². The zero-order valence-electron chi connectivity index (χ0n) is 11.1. The van der Waals surface area contributed by atoms with Crippen molar-refractivity contribution in [3.63, 3.8) is 0 Å². The van der Waals surface area contributed by atoms with Gasteiger partial charge in [0.15, 0.2) is 0 Å². The number of rotatable bonds is 4. The first-order chi connectivity index (χ1) is 9.11. The quantitative estimate of drug-likeness (QED) is 0.753. The molecule has 1 saturated heterocycles. The summed E-state index contributed by atoms with van der Waals surface area (Å²) in [6, 6.07) is 0. The van der Waals surface area contributed by atoms with Gasteiger partial charge in [-0.1, -0.05) is 6.42 Å². The number of carboxylic acids is 1. The molecule has 0 bridgehead atoms. The van der Waals surface area contributed by atoms with E-state index in [0.29, 0.717) is 26.2 Å². The Labute approximate surface area is 112 Å². The monoisotopic (exact) mass is 270 g/mol. The number of hydrogen-bond acceptors (Lipinski definition) is 4. The molecule has 0 aromatic rings. The lowest BCUT2D eigenvalue weighted by molar-refractivity contribution is -0.150. The maximum absolute atomic E-state index is 12.5. The van der Waals surface area contributed by atoms with E-state index in [-0.39, 0.29) is 30.3 Å². The standard InChI is InChI=1S/C13H22N2O4/c14-7-9-2-1-3-11(9)13(18)15-4-5-19-10(8-15)6-12(16)17/h9-11H,1-8,14H2,(H,16,17). The van der Waals surface area contributed by atoms with Crippen LogP contribution in [0.5, 0.6) is 0 Å². The number of morpholine rings is 1. The van der Waals surface area contributed by atoms with Crippen molar-refractivity contribution in [3.05, 3.63) is 0 Å². The first-order valence-corrected chi connectivity index (χ1v) is 6.94. The van der Waals surface area contributed by atoms with Gasteiger partial charge in [0.05, 0.1) is 19.1 Å². The van der Waals surface area contributed by atoms with Gasteiger partial charge in [-0.2, -0.15) is 0 Å². The molecule has 3 unspecified atom stereocenters. The molecular formula is C13H22N2O4. The van der Waals surface area contributed by atoms with Crippen LogP contribution in [0.25, 0.3) is 0 Å². The number of ether oxygens (including phenoxy) is 1. The Balaban J connectivity index is 1.93. The highest BCUT2D eigenvalue weighted by Crippen LogP contribution is 2.32. The molecule has 6 heteroatoms. The van der Waals surface area contributed by atoms with Gasteiger partial charge in [-0.05, 0) is 25.3 Å². The van der Waals surface area contributed by atoms with Crippen LogP contribution < -0.4 is 5.73 Å². The molecule has 6 nitrogen and oxygen atoms in total. The average molecular weight is 270 g/mol. The summed E-state index contributed by atoms with van der Waals surface area (Å²) in [5, 5.41) is 8.78. The molecule has 3 N–H and O–H groups in total. The summed E-state index contributed by atoms with van der Waals surface area (Å²) < 4.78 is 5.39. The summed E-state index contributed by atoms with van der Waals surface area (Å²) in [6.07, 6.45) is 2.56. The molecule has 0 radical (unpaired) electrons. The van der Waals surface area contributed by atoms with E-state index in [1.165, 1.54) is 0 Å². The molecule has 2 aliphatic rings. The van der Waals surface area contributed by atoms with Crippen molar-refractivity contribution in [1.82, 2.24) is 4.90 Å². The topological polar surface area (TPSA) is 92.9 Å². The van der Waals surface area contributed by atoms with E-state index in [4.69, 9.17) is 15.6 Å². The summed E-state index contributed by atoms with van der Waals surface area (Å²) in [5.74, 6) is -0.450. The third-order valence-corrected chi connectivity index (χ3v) is 4.13. The Hall–Kier alpha value is -1.14. The molecule has 3 atom stereocenters. The van der Waals surface area contributed by atoms with Crippen LogP contribution in [0.2, 0.25) is 0 Å². The number of carbonyl (C=O) groups excluding carboxylic acids is 1. The fourth-order valence-corrected chi connectivity index (χ4v) is 3.12. The number of hydrogen-bond donors (Lipinski definition) is 2. The number of amides is 1. The van der Waals surface area contributed by atoms with Crippen LogP contribution in [0.1, 0.15) is 25.7 Å². The third-order valence-electron chi connectivity index (χ3n) is 4.13. The van der Waals surface area contributed by atoms with Gasteiger partial charge in [-0.25, -0.2) is 0 Å². The maximum atomic E-state index is 12.5. The zero-order chi connectivity index (χ0) is 13.8. The number of nitrogens with zero attached hydrogens (tertiary/aromatic N) is 1. The van der Waals surface area contributed by atoms with Crippen LogP contribution in [-0.2, 0) is 14.3 Å². The molecule has 1 aliphatic heterocycles. The van der Waals surface area contributed by atoms with E-state index in [1.807, 2.05) is 0 Å². The van der Waals surface area contributed by atoms with Crippen molar-refractivity contribution in [1.29, 1.82) is 0 Å². The Bertz CT molecular complexity index is 348. The van der Waals surface area contributed by atoms with Gasteiger partial charge in [0.1, 0.15) is 0 Å². The van der Waals surface area contributed by atoms with Gasteiger partial charge in [0, 0.05) is 19.0 Å². The Morgan fingerprint density at radius 2 is 2.16 bits per heavy atom. The van der Waals surface area contributed by atoms with Crippen LogP contribution in [0, 0.1) is 11.8 Å². The molecule has 0 spiro atoms. The molecule has 1 heterocycles. The smallest absolute Gasteiger partial charge is 0.306 e. The summed E-state index contributed by atoms with van der Waals surface area (Å²) in [6.45, 7) is 1.92. The molecular weight excluding hydrogens is 248 g/mol. The highest BCUT2D eigenvalue weighted by Gasteiger charge is 2.36. The van der Waals surface area contributed by atoms with Gasteiger partial charge < -0.3 is 20.5 Å². The van der Waals surface area contributed by atoms with E-state index in [0.717, 1.165) is 19.3 Å². The highest BCUT2D eigenvalue weighted by atomic mass is 16.5. The molecule has 108 valence electrons. The van der Waals surface area contributed by atoms with Crippen molar-refractivity contribution < 1.29 is 19.4 Å². The maximum Gasteiger partial charge on any atom is 0.306 e. The summed E-state index contributed by atoms with van der Waals surface area (Å²) in [5.41, 5.74) is 5.71. The van der Waals surface area contributed by atoms with E-state index >= 15 is 0 Å². The molecule has 2 fully saturated rings. The van der Waals surface area contributed by atoms with Crippen LogP contribution >= 0.6 is 0 Å².